The van der Waals surface area contributed by atoms with Gasteiger partial charge < -0.3 is 20.1 Å². The van der Waals surface area contributed by atoms with Gasteiger partial charge in [0.25, 0.3) is 0 Å². The number of phenolic OH excluding ortho intramolecular Hbond substituents is 1. The zero-order chi connectivity index (χ0) is 11.4. The first-order chi connectivity index (χ1) is 7.79. The van der Waals surface area contributed by atoms with Crippen LogP contribution in [0.1, 0.15) is 0 Å². The first kappa shape index (κ1) is 10.6. The minimum Gasteiger partial charge on any atom is -0.508 e. The van der Waals surface area contributed by atoms with Crippen molar-refractivity contribution in [3.63, 3.8) is 0 Å². The number of oxime groups is 1. The van der Waals surface area contributed by atoms with Crippen LogP contribution in [0.2, 0.25) is 0 Å². The van der Waals surface area contributed by atoms with Crippen molar-refractivity contribution in [1.82, 2.24) is 4.90 Å². The summed E-state index contributed by atoms with van der Waals surface area (Å²) in [4.78, 5) is 4.21. The zero-order valence-electron chi connectivity index (χ0n) is 8.95. The highest BCUT2D eigenvalue weighted by Gasteiger charge is 2.14. The van der Waals surface area contributed by atoms with Crippen molar-refractivity contribution < 1.29 is 10.3 Å². The summed E-state index contributed by atoms with van der Waals surface area (Å²) in [5.41, 5.74) is 1.11. The molecule has 0 spiro atoms. The first-order valence-corrected chi connectivity index (χ1v) is 5.25. The lowest BCUT2D eigenvalue weighted by atomic mass is 10.2. The highest BCUT2D eigenvalue weighted by Crippen LogP contribution is 2.19. The number of nitrogens with zero attached hydrogens (tertiary/aromatic N) is 3. The maximum atomic E-state index is 9.20. The second-order valence-electron chi connectivity index (χ2n) is 3.77. The summed E-state index contributed by atoms with van der Waals surface area (Å²) >= 11 is 0. The van der Waals surface area contributed by atoms with Crippen LogP contribution in [-0.2, 0) is 0 Å². The lowest BCUT2D eigenvalue weighted by Gasteiger charge is -2.34. The molecular formula is C11H15N3O2. The van der Waals surface area contributed by atoms with Crippen molar-refractivity contribution in [1.29, 1.82) is 0 Å². The molecular weight excluding hydrogens is 206 g/mol. The lowest BCUT2D eigenvalue weighted by molar-refractivity contribution is 0.302. The van der Waals surface area contributed by atoms with Crippen molar-refractivity contribution in [2.45, 2.75) is 0 Å². The number of hydrogen-bond donors (Lipinski definition) is 2. The third kappa shape index (κ3) is 2.36. The monoisotopic (exact) mass is 221 g/mol. The molecule has 0 atom stereocenters. The van der Waals surface area contributed by atoms with Gasteiger partial charge in [-0.3, -0.25) is 0 Å². The Kier molecular flexibility index (Phi) is 3.14. The van der Waals surface area contributed by atoms with Crippen molar-refractivity contribution >= 4 is 12.0 Å². The molecule has 5 heteroatoms. The van der Waals surface area contributed by atoms with Crippen LogP contribution in [0, 0.1) is 0 Å². The summed E-state index contributed by atoms with van der Waals surface area (Å²) in [6, 6.07) is 7.20. The van der Waals surface area contributed by atoms with E-state index in [0.29, 0.717) is 0 Å². The van der Waals surface area contributed by atoms with Gasteiger partial charge in [-0.25, -0.2) is 0 Å². The fourth-order valence-corrected chi connectivity index (χ4v) is 1.83. The number of anilines is 1. The smallest absolute Gasteiger partial charge is 0.130 e. The van der Waals surface area contributed by atoms with Crippen LogP contribution >= 0.6 is 0 Å². The molecule has 2 rings (SSSR count). The van der Waals surface area contributed by atoms with Gasteiger partial charge in [0, 0.05) is 31.9 Å². The quantitative estimate of drug-likeness (QED) is 0.337. The van der Waals surface area contributed by atoms with E-state index in [-0.39, 0.29) is 5.75 Å². The molecule has 0 saturated carbocycles. The van der Waals surface area contributed by atoms with Gasteiger partial charge in [0.05, 0.1) is 0 Å². The minimum absolute atomic E-state index is 0.287. The summed E-state index contributed by atoms with van der Waals surface area (Å²) in [6.45, 7) is 3.45. The van der Waals surface area contributed by atoms with E-state index >= 15 is 0 Å². The Morgan fingerprint density at radius 3 is 2.25 bits per heavy atom. The van der Waals surface area contributed by atoms with Gasteiger partial charge in [-0.15, -0.1) is 0 Å². The van der Waals surface area contributed by atoms with Crippen LogP contribution in [0.25, 0.3) is 0 Å². The van der Waals surface area contributed by atoms with E-state index in [1.54, 1.807) is 12.1 Å². The molecule has 1 aliphatic heterocycles. The van der Waals surface area contributed by atoms with E-state index < -0.39 is 0 Å². The number of benzene rings is 1. The van der Waals surface area contributed by atoms with E-state index in [9.17, 15) is 5.11 Å². The van der Waals surface area contributed by atoms with Crippen molar-refractivity contribution in [3.05, 3.63) is 24.3 Å². The van der Waals surface area contributed by atoms with Gasteiger partial charge in [0.1, 0.15) is 12.1 Å². The Bertz CT molecular complexity index is 356. The summed E-state index contributed by atoms with van der Waals surface area (Å²) in [7, 11) is 0. The van der Waals surface area contributed by atoms with Crippen LogP contribution in [0.3, 0.4) is 0 Å². The van der Waals surface area contributed by atoms with E-state index in [2.05, 4.69) is 10.1 Å². The number of piperazine rings is 1. The standard InChI is InChI=1S/C11H15N3O2/c15-11-3-1-10(2-4-11)14-7-5-13(6-8-14)9-12-16/h1-4,9,15-16H,5-8H2. The van der Waals surface area contributed by atoms with Crippen LogP contribution in [0.4, 0.5) is 5.69 Å². The molecule has 1 aromatic rings. The molecule has 86 valence electrons. The third-order valence-electron chi connectivity index (χ3n) is 2.74. The second kappa shape index (κ2) is 4.74. The molecule has 1 fully saturated rings. The van der Waals surface area contributed by atoms with Crippen LogP contribution in [0.15, 0.2) is 29.4 Å². The molecule has 1 heterocycles. The van der Waals surface area contributed by atoms with Crippen molar-refractivity contribution in [2.24, 2.45) is 5.16 Å². The van der Waals surface area contributed by atoms with Crippen molar-refractivity contribution in [3.8, 4) is 5.75 Å². The Morgan fingerprint density at radius 2 is 1.69 bits per heavy atom. The fraction of sp³-hybridized carbons (Fsp3) is 0.364. The number of rotatable bonds is 2. The SMILES string of the molecule is ON=CN1CCN(c2ccc(O)cc2)CC1. The largest absolute Gasteiger partial charge is 0.508 e. The van der Waals surface area contributed by atoms with E-state index in [1.807, 2.05) is 17.0 Å². The molecule has 0 aromatic heterocycles. The average molecular weight is 221 g/mol. The van der Waals surface area contributed by atoms with Gasteiger partial charge in [0.15, 0.2) is 0 Å². The molecule has 0 radical (unpaired) electrons. The predicted molar refractivity (Wildman–Crippen MR) is 62.2 cm³/mol. The topological polar surface area (TPSA) is 59.3 Å². The fourth-order valence-electron chi connectivity index (χ4n) is 1.83. The second-order valence-corrected chi connectivity index (χ2v) is 3.77. The Labute approximate surface area is 94.2 Å². The van der Waals surface area contributed by atoms with Gasteiger partial charge >= 0.3 is 0 Å². The average Bonchev–Trinajstić information content (AvgIpc) is 2.32. The highest BCUT2D eigenvalue weighted by molar-refractivity contribution is 5.55. The molecule has 1 aliphatic rings. The Morgan fingerprint density at radius 1 is 1.06 bits per heavy atom. The lowest BCUT2D eigenvalue weighted by Crippen LogP contribution is -2.45. The van der Waals surface area contributed by atoms with Crippen molar-refractivity contribution in [2.75, 3.05) is 31.1 Å². The molecule has 0 aliphatic carbocycles. The molecule has 0 bridgehead atoms. The maximum Gasteiger partial charge on any atom is 0.130 e. The number of aromatic hydroxyl groups is 1. The van der Waals surface area contributed by atoms with Gasteiger partial charge in [-0.05, 0) is 24.3 Å². The minimum atomic E-state index is 0.287. The van der Waals surface area contributed by atoms with Gasteiger partial charge in [-0.2, -0.15) is 0 Å². The predicted octanol–water partition coefficient (Wildman–Crippen LogP) is 0.932. The first-order valence-electron chi connectivity index (χ1n) is 5.25. The zero-order valence-corrected chi connectivity index (χ0v) is 8.95. The molecule has 5 nitrogen and oxygen atoms in total. The summed E-state index contributed by atoms with van der Waals surface area (Å²) in [5.74, 6) is 0.287. The van der Waals surface area contributed by atoms with Gasteiger partial charge in [-0.1, -0.05) is 5.16 Å². The molecule has 1 saturated heterocycles. The normalized spacial score (nSPS) is 17.0. The third-order valence-corrected chi connectivity index (χ3v) is 2.74. The number of phenols is 1. The molecule has 16 heavy (non-hydrogen) atoms. The molecule has 1 aromatic carbocycles. The van der Waals surface area contributed by atoms with E-state index in [4.69, 9.17) is 5.21 Å². The van der Waals surface area contributed by atoms with Crippen LogP contribution in [0.5, 0.6) is 5.75 Å². The number of hydrogen-bond acceptors (Lipinski definition) is 4. The van der Waals surface area contributed by atoms with Gasteiger partial charge in [0.2, 0.25) is 0 Å². The molecule has 0 unspecified atom stereocenters. The van der Waals surface area contributed by atoms with Crippen LogP contribution < -0.4 is 4.90 Å². The van der Waals surface area contributed by atoms with Crippen LogP contribution in [-0.4, -0.2) is 47.7 Å². The molecule has 0 amide bonds. The van der Waals surface area contributed by atoms with E-state index in [1.165, 1.54) is 6.34 Å². The summed E-state index contributed by atoms with van der Waals surface area (Å²) in [6.07, 6.45) is 1.45. The Hall–Kier alpha value is -1.91. The van der Waals surface area contributed by atoms with E-state index in [0.717, 1.165) is 31.9 Å². The molecule has 2 N–H and O–H groups in total. The Balaban J connectivity index is 1.96. The highest BCUT2D eigenvalue weighted by atomic mass is 16.4. The summed E-state index contributed by atoms with van der Waals surface area (Å²) in [5, 5.41) is 20.6. The summed E-state index contributed by atoms with van der Waals surface area (Å²) < 4.78 is 0. The maximum absolute atomic E-state index is 9.20.